The van der Waals surface area contributed by atoms with Crippen LogP contribution < -0.4 is 19.2 Å². The van der Waals surface area contributed by atoms with Crippen molar-refractivity contribution in [3.8, 4) is 17.2 Å². The number of aryl methyl sites for hydroxylation is 2. The fourth-order valence-corrected chi connectivity index (χ4v) is 6.06. The van der Waals surface area contributed by atoms with Gasteiger partial charge in [-0.15, -0.1) is 0 Å². The molecule has 0 fully saturated rings. The van der Waals surface area contributed by atoms with Crippen molar-refractivity contribution in [3.63, 3.8) is 0 Å². The first-order chi connectivity index (χ1) is 19.5. The van der Waals surface area contributed by atoms with Gasteiger partial charge in [0, 0.05) is 33.2 Å². The standard InChI is InChI=1S/C30H31BrN4O5S/c1-20-6-13-27(14-7-20)41(37,38)34(28-17-26(39-4)12-15-29(28)40-5)19-30(36)33-32-18-23-16-21(2)35(22(23)3)25-10-8-24(31)9-11-25/h6-18H,19H2,1-5H3,(H,33,36)/b32-18-. The average molecular weight is 640 g/mol. The van der Waals surface area contributed by atoms with Crippen molar-refractivity contribution in [1.29, 1.82) is 0 Å². The van der Waals surface area contributed by atoms with Crippen LogP contribution in [-0.4, -0.2) is 45.9 Å². The van der Waals surface area contributed by atoms with Crippen LogP contribution >= 0.6 is 15.9 Å². The number of ether oxygens (including phenoxy) is 2. The molecule has 0 spiro atoms. The van der Waals surface area contributed by atoms with Crippen LogP contribution in [0.25, 0.3) is 5.69 Å². The molecule has 4 aromatic rings. The first-order valence-corrected chi connectivity index (χ1v) is 14.9. The third kappa shape index (κ3) is 6.63. The van der Waals surface area contributed by atoms with E-state index < -0.39 is 22.5 Å². The van der Waals surface area contributed by atoms with E-state index in [1.54, 1.807) is 30.5 Å². The lowest BCUT2D eigenvalue weighted by Crippen LogP contribution is -2.39. The molecule has 0 saturated carbocycles. The molecule has 1 amide bonds. The first-order valence-electron chi connectivity index (χ1n) is 12.6. The number of nitrogens with one attached hydrogen (secondary N) is 1. The molecule has 214 valence electrons. The number of amides is 1. The molecule has 1 N–H and O–H groups in total. The molecule has 1 aromatic heterocycles. The van der Waals surface area contributed by atoms with Crippen LogP contribution in [0.15, 0.2) is 87.3 Å². The van der Waals surface area contributed by atoms with Gasteiger partial charge < -0.3 is 14.0 Å². The van der Waals surface area contributed by atoms with Gasteiger partial charge in [0.15, 0.2) is 0 Å². The molecular formula is C30H31BrN4O5S. The molecule has 0 unspecified atom stereocenters. The van der Waals surface area contributed by atoms with Gasteiger partial charge in [0.2, 0.25) is 0 Å². The van der Waals surface area contributed by atoms with Crippen LogP contribution in [-0.2, 0) is 14.8 Å². The van der Waals surface area contributed by atoms with Crippen LogP contribution in [0.1, 0.15) is 22.5 Å². The Bertz CT molecular complexity index is 1680. The van der Waals surface area contributed by atoms with Crippen LogP contribution in [0, 0.1) is 20.8 Å². The fourth-order valence-electron chi connectivity index (χ4n) is 4.37. The second-order valence-corrected chi connectivity index (χ2v) is 12.1. The van der Waals surface area contributed by atoms with Crippen LogP contribution in [0.5, 0.6) is 11.5 Å². The smallest absolute Gasteiger partial charge is 0.264 e. The molecular weight excluding hydrogens is 608 g/mol. The monoisotopic (exact) mass is 638 g/mol. The minimum Gasteiger partial charge on any atom is -0.497 e. The number of nitrogens with zero attached hydrogens (tertiary/aromatic N) is 3. The fraction of sp³-hybridized carbons (Fsp3) is 0.200. The summed E-state index contributed by atoms with van der Waals surface area (Å²) in [6, 6.07) is 21.0. The molecule has 1 heterocycles. The van der Waals surface area contributed by atoms with Crippen molar-refractivity contribution in [2.24, 2.45) is 5.10 Å². The van der Waals surface area contributed by atoms with E-state index in [0.29, 0.717) is 5.75 Å². The Kier molecular flexibility index (Phi) is 9.19. The Hall–Kier alpha value is -4.09. The minimum atomic E-state index is -4.17. The minimum absolute atomic E-state index is 0.0321. The van der Waals surface area contributed by atoms with E-state index in [0.717, 1.165) is 37.0 Å². The maximum absolute atomic E-state index is 13.8. The molecule has 0 aliphatic heterocycles. The summed E-state index contributed by atoms with van der Waals surface area (Å²) in [6.45, 7) is 5.26. The zero-order valence-electron chi connectivity index (χ0n) is 23.4. The summed E-state index contributed by atoms with van der Waals surface area (Å²) in [5, 5.41) is 4.13. The zero-order valence-corrected chi connectivity index (χ0v) is 25.8. The number of aromatic nitrogens is 1. The Morgan fingerprint density at radius 3 is 2.29 bits per heavy atom. The molecule has 41 heavy (non-hydrogen) atoms. The average Bonchev–Trinajstić information content (AvgIpc) is 3.24. The van der Waals surface area contributed by atoms with E-state index in [1.165, 1.54) is 32.4 Å². The number of anilines is 1. The molecule has 0 atom stereocenters. The number of benzene rings is 3. The lowest BCUT2D eigenvalue weighted by molar-refractivity contribution is -0.119. The Balaban J connectivity index is 1.61. The molecule has 9 nitrogen and oxygen atoms in total. The van der Waals surface area contributed by atoms with Gasteiger partial charge in [-0.25, -0.2) is 13.8 Å². The molecule has 0 radical (unpaired) electrons. The van der Waals surface area contributed by atoms with Crippen LogP contribution in [0.3, 0.4) is 0 Å². The highest BCUT2D eigenvalue weighted by Gasteiger charge is 2.30. The molecule has 3 aromatic carbocycles. The number of halogens is 1. The maximum atomic E-state index is 13.8. The van der Waals surface area contributed by atoms with Gasteiger partial charge >= 0.3 is 0 Å². The van der Waals surface area contributed by atoms with E-state index in [1.807, 2.05) is 51.1 Å². The van der Waals surface area contributed by atoms with E-state index in [9.17, 15) is 13.2 Å². The van der Waals surface area contributed by atoms with Crippen molar-refractivity contribution in [3.05, 3.63) is 99.8 Å². The quantitative estimate of drug-likeness (QED) is 0.182. The summed E-state index contributed by atoms with van der Waals surface area (Å²) < 4.78 is 42.4. The van der Waals surface area contributed by atoms with Crippen molar-refractivity contribution in [2.45, 2.75) is 25.7 Å². The summed E-state index contributed by atoms with van der Waals surface area (Å²) in [5.41, 5.74) is 7.27. The number of rotatable bonds is 10. The number of carbonyl (C=O) groups is 1. The van der Waals surface area contributed by atoms with Crippen molar-refractivity contribution >= 4 is 43.8 Å². The number of hydrogen-bond acceptors (Lipinski definition) is 6. The number of hydrazone groups is 1. The lowest BCUT2D eigenvalue weighted by atomic mass is 10.2. The number of sulfonamides is 1. The van der Waals surface area contributed by atoms with E-state index >= 15 is 0 Å². The molecule has 0 saturated heterocycles. The van der Waals surface area contributed by atoms with Gasteiger partial charge in [-0.05, 0) is 75.4 Å². The number of carbonyl (C=O) groups excluding carboxylic acids is 1. The van der Waals surface area contributed by atoms with E-state index in [4.69, 9.17) is 9.47 Å². The molecule has 4 rings (SSSR count). The van der Waals surface area contributed by atoms with E-state index in [-0.39, 0.29) is 16.3 Å². The highest BCUT2D eigenvalue weighted by molar-refractivity contribution is 9.10. The zero-order chi connectivity index (χ0) is 29.7. The highest BCUT2D eigenvalue weighted by atomic mass is 79.9. The van der Waals surface area contributed by atoms with Crippen molar-refractivity contribution in [2.75, 3.05) is 25.1 Å². The van der Waals surface area contributed by atoms with Gasteiger partial charge in [-0.3, -0.25) is 9.10 Å². The maximum Gasteiger partial charge on any atom is 0.264 e. The first kappa shape index (κ1) is 29.9. The normalized spacial score (nSPS) is 11.5. The Morgan fingerprint density at radius 2 is 1.66 bits per heavy atom. The predicted octanol–water partition coefficient (Wildman–Crippen LogP) is 5.53. The molecule has 11 heteroatoms. The van der Waals surface area contributed by atoms with E-state index in [2.05, 4.69) is 31.0 Å². The summed E-state index contributed by atoms with van der Waals surface area (Å²) in [4.78, 5) is 13.1. The topological polar surface area (TPSA) is 102 Å². The SMILES string of the molecule is COc1ccc(OC)c(N(CC(=O)N/N=C\c2cc(C)n(-c3ccc(Br)cc3)c2C)S(=O)(=O)c2ccc(C)cc2)c1. The molecule has 0 bridgehead atoms. The highest BCUT2D eigenvalue weighted by Crippen LogP contribution is 2.35. The van der Waals surface area contributed by atoms with Crippen LogP contribution in [0.4, 0.5) is 5.69 Å². The van der Waals surface area contributed by atoms with Gasteiger partial charge in [-0.2, -0.15) is 5.10 Å². The third-order valence-electron chi connectivity index (χ3n) is 6.50. The second kappa shape index (κ2) is 12.6. The third-order valence-corrected chi connectivity index (χ3v) is 8.80. The van der Waals surface area contributed by atoms with Gasteiger partial charge in [0.1, 0.15) is 18.0 Å². The van der Waals surface area contributed by atoms with Crippen LogP contribution in [0.2, 0.25) is 0 Å². The van der Waals surface area contributed by atoms with Gasteiger partial charge in [0.25, 0.3) is 15.9 Å². The van der Waals surface area contributed by atoms with Gasteiger partial charge in [-0.1, -0.05) is 33.6 Å². The van der Waals surface area contributed by atoms with Crippen molar-refractivity contribution < 1.29 is 22.7 Å². The Labute approximate surface area is 248 Å². The summed E-state index contributed by atoms with van der Waals surface area (Å²) >= 11 is 3.46. The van der Waals surface area contributed by atoms with Gasteiger partial charge in [0.05, 0.1) is 31.0 Å². The number of methoxy groups -OCH3 is 2. The largest absolute Gasteiger partial charge is 0.497 e. The Morgan fingerprint density at radius 1 is 0.976 bits per heavy atom. The summed E-state index contributed by atoms with van der Waals surface area (Å²) in [6.07, 6.45) is 1.54. The van der Waals surface area contributed by atoms with Crippen molar-refractivity contribution in [1.82, 2.24) is 9.99 Å². The predicted molar refractivity (Wildman–Crippen MR) is 164 cm³/mol. The number of hydrogen-bond donors (Lipinski definition) is 1. The lowest BCUT2D eigenvalue weighted by Gasteiger charge is -2.25. The second-order valence-electron chi connectivity index (χ2n) is 9.29. The molecule has 0 aliphatic rings. The summed E-state index contributed by atoms with van der Waals surface area (Å²) in [5.74, 6) is 0.0335. The molecule has 0 aliphatic carbocycles. The summed E-state index contributed by atoms with van der Waals surface area (Å²) in [7, 11) is -1.27.